The molecular formula is C15H16O3. The second-order valence-electron chi connectivity index (χ2n) is 4.78. The lowest BCUT2D eigenvalue weighted by Gasteiger charge is -2.18. The third-order valence-corrected chi connectivity index (χ3v) is 3.25. The molecule has 0 fully saturated rings. The highest BCUT2D eigenvalue weighted by Crippen LogP contribution is 2.40. The van der Waals surface area contributed by atoms with E-state index in [9.17, 15) is 15.0 Å². The molecule has 0 amide bonds. The summed E-state index contributed by atoms with van der Waals surface area (Å²) in [6.45, 7) is 3.81. The lowest BCUT2D eigenvalue weighted by molar-refractivity contribution is -0.109. The maximum Gasteiger partial charge on any atom is 0.127 e. The quantitative estimate of drug-likeness (QED) is 0.644. The van der Waals surface area contributed by atoms with Crippen molar-refractivity contribution >= 4 is 17.1 Å². The van der Waals surface area contributed by atoms with Crippen molar-refractivity contribution in [2.75, 3.05) is 0 Å². The highest BCUT2D eigenvalue weighted by Gasteiger charge is 2.21. The van der Waals surface area contributed by atoms with Gasteiger partial charge in [-0.05, 0) is 12.0 Å². The van der Waals surface area contributed by atoms with Crippen LogP contribution in [0.15, 0.2) is 30.3 Å². The number of carbonyl (C=O) groups is 1. The summed E-state index contributed by atoms with van der Waals surface area (Å²) in [6, 6.07) is 8.53. The minimum absolute atomic E-state index is 0.0639. The predicted octanol–water partition coefficient (Wildman–Crippen LogP) is 3.19. The normalized spacial score (nSPS) is 12.8. The Labute approximate surface area is 106 Å². The molecule has 2 N–H and O–H groups in total. The molecule has 0 radical (unpaired) electrons. The van der Waals surface area contributed by atoms with Crippen LogP contribution in [0.2, 0.25) is 0 Å². The van der Waals surface area contributed by atoms with E-state index in [1.807, 2.05) is 13.8 Å². The lowest BCUT2D eigenvalue weighted by atomic mass is 9.87. The van der Waals surface area contributed by atoms with Gasteiger partial charge in [-0.1, -0.05) is 38.1 Å². The molecule has 0 spiro atoms. The number of phenols is 2. The van der Waals surface area contributed by atoms with Gasteiger partial charge in [-0.2, -0.15) is 0 Å². The van der Waals surface area contributed by atoms with Gasteiger partial charge in [0.1, 0.15) is 17.8 Å². The number of carbonyl (C=O) groups excluding carboxylic acids is 1. The molecule has 3 heteroatoms. The molecule has 0 saturated carbocycles. The van der Waals surface area contributed by atoms with E-state index in [1.165, 1.54) is 6.07 Å². The molecular weight excluding hydrogens is 228 g/mol. The Morgan fingerprint density at radius 1 is 1.11 bits per heavy atom. The fraction of sp³-hybridized carbons (Fsp3) is 0.267. The number of benzene rings is 2. The largest absolute Gasteiger partial charge is 0.507 e. The van der Waals surface area contributed by atoms with Gasteiger partial charge < -0.3 is 15.0 Å². The number of hydrogen-bond donors (Lipinski definition) is 2. The van der Waals surface area contributed by atoms with Crippen molar-refractivity contribution in [2.45, 2.75) is 19.8 Å². The Morgan fingerprint density at radius 3 is 2.28 bits per heavy atom. The van der Waals surface area contributed by atoms with Crippen LogP contribution in [0.4, 0.5) is 0 Å². The molecule has 0 aliphatic rings. The van der Waals surface area contributed by atoms with Gasteiger partial charge in [-0.25, -0.2) is 0 Å². The van der Waals surface area contributed by atoms with E-state index in [-0.39, 0.29) is 17.4 Å². The van der Waals surface area contributed by atoms with Crippen molar-refractivity contribution in [1.29, 1.82) is 0 Å². The smallest absolute Gasteiger partial charge is 0.127 e. The molecule has 94 valence electrons. The highest BCUT2D eigenvalue weighted by atomic mass is 16.3. The third kappa shape index (κ3) is 1.92. The van der Waals surface area contributed by atoms with Crippen molar-refractivity contribution < 1.29 is 15.0 Å². The van der Waals surface area contributed by atoms with Crippen molar-refractivity contribution in [3.8, 4) is 11.5 Å². The molecule has 1 atom stereocenters. The van der Waals surface area contributed by atoms with Gasteiger partial charge in [0.15, 0.2) is 0 Å². The zero-order valence-electron chi connectivity index (χ0n) is 10.4. The zero-order chi connectivity index (χ0) is 13.3. The van der Waals surface area contributed by atoms with Crippen molar-refractivity contribution in [3.05, 3.63) is 35.9 Å². The van der Waals surface area contributed by atoms with Gasteiger partial charge in [0.2, 0.25) is 0 Å². The summed E-state index contributed by atoms with van der Waals surface area (Å²) in [5, 5.41) is 21.4. The van der Waals surface area contributed by atoms with Crippen LogP contribution in [0, 0.1) is 5.92 Å². The fourth-order valence-electron chi connectivity index (χ4n) is 2.21. The van der Waals surface area contributed by atoms with Crippen LogP contribution in [0.1, 0.15) is 25.3 Å². The van der Waals surface area contributed by atoms with Crippen molar-refractivity contribution in [1.82, 2.24) is 0 Å². The molecule has 0 unspecified atom stereocenters. The average Bonchev–Trinajstić information content (AvgIpc) is 2.36. The highest BCUT2D eigenvalue weighted by molar-refractivity contribution is 5.95. The van der Waals surface area contributed by atoms with E-state index >= 15 is 0 Å². The number of hydrogen-bond acceptors (Lipinski definition) is 3. The van der Waals surface area contributed by atoms with E-state index in [1.54, 1.807) is 24.3 Å². The van der Waals surface area contributed by atoms with Gasteiger partial charge in [-0.15, -0.1) is 0 Å². The molecule has 2 aromatic carbocycles. The van der Waals surface area contributed by atoms with E-state index in [0.717, 1.165) is 6.29 Å². The molecule has 0 aliphatic carbocycles. The first kappa shape index (κ1) is 12.4. The number of phenolic OH excluding ortho intramolecular Hbond substituents is 2. The first-order chi connectivity index (χ1) is 8.56. The minimum atomic E-state index is -0.416. The molecule has 2 aromatic rings. The summed E-state index contributed by atoms with van der Waals surface area (Å²) in [7, 11) is 0. The lowest BCUT2D eigenvalue weighted by Crippen LogP contribution is -2.08. The summed E-state index contributed by atoms with van der Waals surface area (Å²) in [4.78, 5) is 11.2. The summed E-state index contributed by atoms with van der Waals surface area (Å²) in [6.07, 6.45) is 0.813. The Morgan fingerprint density at radius 2 is 1.72 bits per heavy atom. The Kier molecular flexibility index (Phi) is 3.24. The molecule has 0 saturated heterocycles. The minimum Gasteiger partial charge on any atom is -0.507 e. The van der Waals surface area contributed by atoms with Gasteiger partial charge in [0.25, 0.3) is 0 Å². The summed E-state index contributed by atoms with van der Waals surface area (Å²) < 4.78 is 0. The molecule has 0 aliphatic heterocycles. The molecule has 0 heterocycles. The number of aromatic hydroxyl groups is 2. The first-order valence-electron chi connectivity index (χ1n) is 5.95. The number of rotatable bonds is 3. The average molecular weight is 244 g/mol. The second kappa shape index (κ2) is 4.69. The van der Waals surface area contributed by atoms with Crippen LogP contribution in [0.3, 0.4) is 0 Å². The van der Waals surface area contributed by atoms with Crippen LogP contribution in [0.25, 0.3) is 10.8 Å². The predicted molar refractivity (Wildman–Crippen MR) is 70.9 cm³/mol. The second-order valence-corrected chi connectivity index (χ2v) is 4.78. The van der Waals surface area contributed by atoms with Crippen LogP contribution < -0.4 is 0 Å². The Hall–Kier alpha value is -2.03. The van der Waals surface area contributed by atoms with Gasteiger partial charge in [0.05, 0.1) is 0 Å². The van der Waals surface area contributed by atoms with Crippen molar-refractivity contribution in [3.63, 3.8) is 0 Å². The van der Waals surface area contributed by atoms with Crippen LogP contribution in [0.5, 0.6) is 11.5 Å². The molecule has 2 rings (SSSR count). The van der Waals surface area contributed by atoms with E-state index in [2.05, 4.69) is 0 Å². The van der Waals surface area contributed by atoms with Crippen LogP contribution >= 0.6 is 0 Å². The molecule has 0 aromatic heterocycles. The van der Waals surface area contributed by atoms with E-state index < -0.39 is 5.92 Å². The molecule has 3 nitrogen and oxygen atoms in total. The van der Waals surface area contributed by atoms with Crippen LogP contribution in [-0.4, -0.2) is 16.5 Å². The Bertz CT molecular complexity index is 588. The first-order valence-corrected chi connectivity index (χ1v) is 5.95. The summed E-state index contributed by atoms with van der Waals surface area (Å²) >= 11 is 0. The number of aldehydes is 1. The topological polar surface area (TPSA) is 57.5 Å². The van der Waals surface area contributed by atoms with Crippen LogP contribution in [-0.2, 0) is 4.79 Å². The van der Waals surface area contributed by atoms with Gasteiger partial charge >= 0.3 is 0 Å². The standard InChI is InChI=1S/C15H16O3/c1-9(2)13(8-16)12-7-14(17)10-5-3-4-6-11(10)15(12)18/h3-9,13,17-18H,1-2H3/t13-/m1/s1. The third-order valence-electron chi connectivity index (χ3n) is 3.25. The molecule has 0 bridgehead atoms. The van der Waals surface area contributed by atoms with E-state index in [0.29, 0.717) is 16.3 Å². The fourth-order valence-corrected chi connectivity index (χ4v) is 2.21. The maximum absolute atomic E-state index is 11.2. The summed E-state index contributed by atoms with van der Waals surface area (Å²) in [5.41, 5.74) is 0.483. The summed E-state index contributed by atoms with van der Waals surface area (Å²) in [5.74, 6) is -0.186. The zero-order valence-corrected chi connectivity index (χ0v) is 10.4. The molecule has 18 heavy (non-hydrogen) atoms. The van der Waals surface area contributed by atoms with Gasteiger partial charge in [0, 0.05) is 22.3 Å². The SMILES string of the molecule is CC(C)[C@@H](C=O)c1cc(O)c2ccccc2c1O. The van der Waals surface area contributed by atoms with Gasteiger partial charge in [-0.3, -0.25) is 0 Å². The van der Waals surface area contributed by atoms with Crippen molar-refractivity contribution in [2.24, 2.45) is 5.92 Å². The number of fused-ring (bicyclic) bond motifs is 1. The Balaban J connectivity index is 2.73. The monoisotopic (exact) mass is 244 g/mol. The maximum atomic E-state index is 11.2. The van der Waals surface area contributed by atoms with E-state index in [4.69, 9.17) is 0 Å².